The molecule has 13 rings (SSSR count). The number of rotatable bonds is 7. The number of fused-ring (bicyclic) bond motifs is 6. The molecule has 0 aliphatic heterocycles. The summed E-state index contributed by atoms with van der Waals surface area (Å²) >= 11 is 0. The zero-order chi connectivity index (χ0) is 44.3. The molecule has 1 aliphatic carbocycles. The predicted octanol–water partition coefficient (Wildman–Crippen LogP) is 17.5. The lowest BCUT2D eigenvalue weighted by molar-refractivity contribution is 0.660. The predicted molar refractivity (Wildman–Crippen MR) is 281 cm³/mol. The Balaban J connectivity index is 0.970. The number of anilines is 6. The summed E-state index contributed by atoms with van der Waals surface area (Å²) in [7, 11) is 0. The van der Waals surface area contributed by atoms with Crippen LogP contribution in [0.3, 0.4) is 0 Å². The first-order valence-electron chi connectivity index (χ1n) is 23.1. The molecular formula is C63H47N3. The van der Waals surface area contributed by atoms with Gasteiger partial charge in [0.15, 0.2) is 0 Å². The zero-order valence-corrected chi connectivity index (χ0v) is 37.5. The van der Waals surface area contributed by atoms with E-state index >= 15 is 0 Å². The molecule has 1 aliphatic rings. The SMILES string of the molecule is Cc1c(C)n(-c2ccc(N(c3ccccc3)c3ccc4c(c3)-c3ccccc3C4(C)C)cc2)c2c1cc1ccc3c(N(c4ccccc4)c4ccc5ccccc5c4)ccc4ccc2c1c43. The monoisotopic (exact) mass is 845 g/mol. The summed E-state index contributed by atoms with van der Waals surface area (Å²) in [6.07, 6.45) is 0. The first-order chi connectivity index (χ1) is 32.3. The smallest absolute Gasteiger partial charge is 0.0613 e. The van der Waals surface area contributed by atoms with Crippen LogP contribution in [0.5, 0.6) is 0 Å². The Morgan fingerprint density at radius 1 is 0.379 bits per heavy atom. The van der Waals surface area contributed by atoms with E-state index in [1.165, 1.54) is 87.5 Å². The van der Waals surface area contributed by atoms with Gasteiger partial charge in [0.2, 0.25) is 0 Å². The zero-order valence-electron chi connectivity index (χ0n) is 37.5. The number of aryl methyl sites for hydroxylation is 1. The fraction of sp³-hybridized carbons (Fsp3) is 0.0794. The fourth-order valence-corrected chi connectivity index (χ4v) is 11.4. The van der Waals surface area contributed by atoms with Crippen LogP contribution >= 0.6 is 0 Å². The maximum atomic E-state index is 2.49. The molecule has 3 nitrogen and oxygen atoms in total. The largest absolute Gasteiger partial charge is 0.313 e. The van der Waals surface area contributed by atoms with Crippen LogP contribution in [0.4, 0.5) is 34.1 Å². The molecule has 0 fully saturated rings. The van der Waals surface area contributed by atoms with Crippen molar-refractivity contribution in [3.05, 3.63) is 235 Å². The van der Waals surface area contributed by atoms with Crippen LogP contribution in [0.15, 0.2) is 212 Å². The third-order valence-electron chi connectivity index (χ3n) is 14.7. The van der Waals surface area contributed by atoms with E-state index in [2.05, 4.69) is 254 Å². The highest BCUT2D eigenvalue weighted by atomic mass is 15.1. The van der Waals surface area contributed by atoms with Crippen molar-refractivity contribution in [1.82, 2.24) is 4.57 Å². The molecule has 1 heterocycles. The first-order valence-corrected chi connectivity index (χ1v) is 23.1. The van der Waals surface area contributed by atoms with Crippen molar-refractivity contribution >= 4 is 88.1 Å². The van der Waals surface area contributed by atoms with Crippen LogP contribution in [0.2, 0.25) is 0 Å². The first kappa shape index (κ1) is 38.3. The molecule has 0 saturated heterocycles. The summed E-state index contributed by atoms with van der Waals surface area (Å²) in [6, 6.07) is 78.5. The van der Waals surface area contributed by atoms with Gasteiger partial charge in [0, 0.05) is 61.4 Å². The van der Waals surface area contributed by atoms with E-state index in [1.807, 2.05) is 0 Å². The molecule has 0 saturated carbocycles. The van der Waals surface area contributed by atoms with Gasteiger partial charge in [-0.05, 0) is 159 Å². The van der Waals surface area contributed by atoms with Crippen molar-refractivity contribution in [3.63, 3.8) is 0 Å². The Morgan fingerprint density at radius 3 is 1.73 bits per heavy atom. The minimum atomic E-state index is -0.0460. The van der Waals surface area contributed by atoms with Gasteiger partial charge in [-0.25, -0.2) is 0 Å². The Morgan fingerprint density at radius 2 is 0.939 bits per heavy atom. The summed E-state index contributed by atoms with van der Waals surface area (Å²) in [4.78, 5) is 4.82. The average Bonchev–Trinajstić information content (AvgIpc) is 3.75. The van der Waals surface area contributed by atoms with Crippen LogP contribution in [0, 0.1) is 13.8 Å². The maximum absolute atomic E-state index is 2.49. The minimum Gasteiger partial charge on any atom is -0.313 e. The van der Waals surface area contributed by atoms with Gasteiger partial charge in [0.25, 0.3) is 0 Å². The highest BCUT2D eigenvalue weighted by Crippen LogP contribution is 2.51. The third kappa shape index (κ3) is 5.63. The van der Waals surface area contributed by atoms with Crippen molar-refractivity contribution in [2.75, 3.05) is 9.80 Å². The van der Waals surface area contributed by atoms with E-state index in [4.69, 9.17) is 0 Å². The normalized spacial score (nSPS) is 13.0. The van der Waals surface area contributed by atoms with Gasteiger partial charge in [0.05, 0.1) is 11.2 Å². The number of hydrogen-bond donors (Lipinski definition) is 0. The molecule has 1 aromatic heterocycles. The Hall–Kier alpha value is -8.14. The second-order valence-electron chi connectivity index (χ2n) is 18.6. The highest BCUT2D eigenvalue weighted by Gasteiger charge is 2.35. The quantitative estimate of drug-likeness (QED) is 0.148. The molecule has 3 heteroatoms. The second kappa shape index (κ2) is 14.4. The molecule has 0 atom stereocenters. The number of benzene rings is 11. The van der Waals surface area contributed by atoms with Crippen molar-refractivity contribution in [2.45, 2.75) is 33.1 Å². The molecule has 0 N–H and O–H groups in total. The lowest BCUT2D eigenvalue weighted by Crippen LogP contribution is -2.15. The molecular weight excluding hydrogens is 799 g/mol. The summed E-state index contributed by atoms with van der Waals surface area (Å²) in [5.74, 6) is 0. The van der Waals surface area contributed by atoms with Crippen molar-refractivity contribution in [2.24, 2.45) is 0 Å². The van der Waals surface area contributed by atoms with E-state index in [0.717, 1.165) is 39.8 Å². The number of para-hydroxylation sites is 2. The molecule has 0 radical (unpaired) electrons. The topological polar surface area (TPSA) is 11.4 Å². The molecule has 314 valence electrons. The molecule has 66 heavy (non-hydrogen) atoms. The van der Waals surface area contributed by atoms with Gasteiger partial charge in [-0.1, -0.05) is 141 Å². The summed E-state index contributed by atoms with van der Waals surface area (Å²) in [5, 5.41) is 11.4. The number of hydrogen-bond acceptors (Lipinski definition) is 2. The lowest BCUT2D eigenvalue weighted by Gasteiger charge is -2.28. The molecule has 0 spiro atoms. The number of nitrogens with zero attached hydrogens (tertiary/aromatic N) is 3. The van der Waals surface area contributed by atoms with Crippen LogP contribution in [0.25, 0.3) is 70.8 Å². The third-order valence-corrected chi connectivity index (χ3v) is 14.7. The van der Waals surface area contributed by atoms with Crippen LogP contribution in [0.1, 0.15) is 36.2 Å². The van der Waals surface area contributed by atoms with E-state index in [0.29, 0.717) is 0 Å². The molecule has 12 aromatic rings. The summed E-state index contributed by atoms with van der Waals surface area (Å²) < 4.78 is 2.49. The minimum absolute atomic E-state index is 0.0460. The van der Waals surface area contributed by atoms with Gasteiger partial charge >= 0.3 is 0 Å². The van der Waals surface area contributed by atoms with Crippen molar-refractivity contribution in [1.29, 1.82) is 0 Å². The maximum Gasteiger partial charge on any atom is 0.0613 e. The van der Waals surface area contributed by atoms with E-state index in [-0.39, 0.29) is 5.41 Å². The Labute approximate surface area is 385 Å². The molecule has 11 aromatic carbocycles. The van der Waals surface area contributed by atoms with Gasteiger partial charge in [-0.3, -0.25) is 0 Å². The van der Waals surface area contributed by atoms with Gasteiger partial charge in [-0.2, -0.15) is 0 Å². The Kier molecular flexibility index (Phi) is 8.38. The van der Waals surface area contributed by atoms with E-state index in [9.17, 15) is 0 Å². The van der Waals surface area contributed by atoms with E-state index in [1.54, 1.807) is 0 Å². The fourth-order valence-electron chi connectivity index (χ4n) is 11.4. The summed E-state index contributed by atoms with van der Waals surface area (Å²) in [6.45, 7) is 9.25. The van der Waals surface area contributed by atoms with Gasteiger partial charge in [0.1, 0.15) is 0 Å². The van der Waals surface area contributed by atoms with Crippen molar-refractivity contribution in [3.8, 4) is 16.8 Å². The van der Waals surface area contributed by atoms with Gasteiger partial charge in [-0.15, -0.1) is 0 Å². The average molecular weight is 846 g/mol. The highest BCUT2D eigenvalue weighted by molar-refractivity contribution is 6.31. The van der Waals surface area contributed by atoms with Crippen LogP contribution < -0.4 is 9.80 Å². The number of aromatic nitrogens is 1. The van der Waals surface area contributed by atoms with Gasteiger partial charge < -0.3 is 14.4 Å². The second-order valence-corrected chi connectivity index (χ2v) is 18.6. The van der Waals surface area contributed by atoms with Crippen molar-refractivity contribution < 1.29 is 0 Å². The molecule has 0 unspecified atom stereocenters. The van der Waals surface area contributed by atoms with Crippen LogP contribution in [-0.4, -0.2) is 4.57 Å². The van der Waals surface area contributed by atoms with E-state index < -0.39 is 0 Å². The molecule has 0 amide bonds. The molecule has 0 bridgehead atoms. The summed E-state index contributed by atoms with van der Waals surface area (Å²) in [5.41, 5.74) is 17.1. The Bertz CT molecular complexity index is 3860. The standard InChI is InChI=1S/C63H47N3/c1-40-41(2)64(48-28-30-49(31-29-48)65(46-17-7-5-8-18-46)51-32-35-58-56(39-51)52-21-13-14-22-57(52)63(58,3)4)62-54-34-24-43-26-36-59(53-33-25-45(38-55(40)62)61(54)60(43)53)66(47-19-9-6-10-20-47)50-27-23-42-15-11-12-16-44(42)37-50/h5-39H,1-4H3. The lowest BCUT2D eigenvalue weighted by atomic mass is 9.82. The van der Waals surface area contributed by atoms with Crippen LogP contribution in [-0.2, 0) is 5.41 Å².